The second-order valence-electron chi connectivity index (χ2n) is 8.43. The van der Waals surface area contributed by atoms with Gasteiger partial charge in [-0.1, -0.05) is 35.9 Å². The van der Waals surface area contributed by atoms with E-state index in [-0.39, 0.29) is 30.2 Å². The maximum atomic E-state index is 13.4. The molecule has 1 saturated heterocycles. The number of hydrogen-bond acceptors (Lipinski definition) is 4. The lowest BCUT2D eigenvalue weighted by Crippen LogP contribution is -2.32. The molecule has 33 heavy (non-hydrogen) atoms. The van der Waals surface area contributed by atoms with Gasteiger partial charge in [-0.2, -0.15) is 0 Å². The van der Waals surface area contributed by atoms with Crippen molar-refractivity contribution >= 4 is 40.4 Å². The minimum atomic E-state index is -0.513. The Labute approximate surface area is 197 Å². The average Bonchev–Trinajstić information content (AvgIpc) is 3.42. The highest BCUT2D eigenvalue weighted by molar-refractivity contribution is 7.10. The summed E-state index contributed by atoms with van der Waals surface area (Å²) in [6.07, 6.45) is 0.148. The number of carbonyl (C=O) groups is 3. The Balaban J connectivity index is 1.58. The van der Waals surface area contributed by atoms with Crippen LogP contribution in [0.3, 0.4) is 0 Å². The van der Waals surface area contributed by atoms with Crippen LogP contribution in [0.15, 0.2) is 66.0 Å². The van der Waals surface area contributed by atoms with Gasteiger partial charge in [0.25, 0.3) is 0 Å². The Morgan fingerprint density at radius 3 is 2.55 bits per heavy atom. The fourth-order valence-electron chi connectivity index (χ4n) is 4.13. The Bertz CT molecular complexity index is 1160. The predicted octanol–water partition coefficient (Wildman–Crippen LogP) is 4.77. The summed E-state index contributed by atoms with van der Waals surface area (Å²) in [5, 5.41) is 4.97. The fraction of sp³-hybridized carbons (Fsp3) is 0.269. The molecule has 1 aliphatic heterocycles. The first-order valence-electron chi connectivity index (χ1n) is 10.9. The molecule has 0 aliphatic carbocycles. The number of carbonyl (C=O) groups excluding carboxylic acids is 3. The van der Waals surface area contributed by atoms with E-state index in [1.165, 1.54) is 6.92 Å². The van der Waals surface area contributed by atoms with Crippen molar-refractivity contribution in [3.8, 4) is 0 Å². The van der Waals surface area contributed by atoms with Crippen LogP contribution in [-0.2, 0) is 20.9 Å². The van der Waals surface area contributed by atoms with Crippen LogP contribution in [0.4, 0.5) is 11.4 Å². The summed E-state index contributed by atoms with van der Waals surface area (Å²) in [5.74, 6) is -0.785. The summed E-state index contributed by atoms with van der Waals surface area (Å²) in [4.78, 5) is 42.4. The van der Waals surface area contributed by atoms with Gasteiger partial charge in [-0.15, -0.1) is 11.3 Å². The topological polar surface area (TPSA) is 69.7 Å². The third-order valence-corrected chi connectivity index (χ3v) is 6.90. The maximum absolute atomic E-state index is 13.4. The molecule has 0 radical (unpaired) electrons. The summed E-state index contributed by atoms with van der Waals surface area (Å²) in [7, 11) is 1.74. The second kappa shape index (κ2) is 9.58. The summed E-state index contributed by atoms with van der Waals surface area (Å²) < 4.78 is 0. The van der Waals surface area contributed by atoms with Crippen molar-refractivity contribution in [2.45, 2.75) is 32.9 Å². The Hall–Kier alpha value is -3.45. The van der Waals surface area contributed by atoms with Gasteiger partial charge < -0.3 is 15.1 Å². The molecule has 1 aliphatic rings. The molecule has 3 aromatic rings. The first kappa shape index (κ1) is 22.7. The van der Waals surface area contributed by atoms with Crippen LogP contribution >= 0.6 is 11.3 Å². The normalized spacial score (nSPS) is 17.8. The SMILES string of the molecule is CC(=O)N(C)Cc1cccc(NC(=O)C2CC(=O)N(c3ccc(C)cc3)C2c2cccs2)c1. The van der Waals surface area contributed by atoms with E-state index >= 15 is 0 Å². The first-order chi connectivity index (χ1) is 15.8. The van der Waals surface area contributed by atoms with E-state index in [1.54, 1.807) is 28.2 Å². The number of aryl methyl sites for hydroxylation is 1. The second-order valence-corrected chi connectivity index (χ2v) is 9.41. The van der Waals surface area contributed by atoms with Crippen LogP contribution in [0.1, 0.15) is 35.4 Å². The number of nitrogens with one attached hydrogen (secondary N) is 1. The van der Waals surface area contributed by atoms with Crippen LogP contribution in [0, 0.1) is 12.8 Å². The van der Waals surface area contributed by atoms with Crippen LogP contribution in [0.5, 0.6) is 0 Å². The van der Waals surface area contributed by atoms with E-state index in [4.69, 9.17) is 0 Å². The van der Waals surface area contributed by atoms with Crippen molar-refractivity contribution < 1.29 is 14.4 Å². The Kier molecular flexibility index (Phi) is 6.60. The number of thiophene rings is 1. The molecule has 170 valence electrons. The quantitative estimate of drug-likeness (QED) is 0.575. The number of benzene rings is 2. The number of rotatable bonds is 6. The summed E-state index contributed by atoms with van der Waals surface area (Å²) in [6, 6.07) is 18.9. The van der Waals surface area contributed by atoms with Gasteiger partial charge in [-0.05, 0) is 48.2 Å². The van der Waals surface area contributed by atoms with E-state index in [1.807, 2.05) is 73.0 Å². The highest BCUT2D eigenvalue weighted by atomic mass is 32.1. The van der Waals surface area contributed by atoms with Gasteiger partial charge in [0.15, 0.2) is 0 Å². The predicted molar refractivity (Wildman–Crippen MR) is 131 cm³/mol. The number of hydrogen-bond donors (Lipinski definition) is 1. The van der Waals surface area contributed by atoms with Gasteiger partial charge in [0.05, 0.1) is 12.0 Å². The summed E-state index contributed by atoms with van der Waals surface area (Å²) >= 11 is 1.55. The minimum absolute atomic E-state index is 0.0242. The zero-order valence-electron chi connectivity index (χ0n) is 18.9. The van der Waals surface area contributed by atoms with Crippen molar-refractivity contribution in [3.63, 3.8) is 0 Å². The molecule has 0 saturated carbocycles. The molecule has 7 heteroatoms. The monoisotopic (exact) mass is 461 g/mol. The smallest absolute Gasteiger partial charge is 0.230 e. The molecule has 1 aromatic heterocycles. The van der Waals surface area contributed by atoms with Gasteiger partial charge in [0, 0.05) is 43.2 Å². The number of amides is 3. The summed E-state index contributed by atoms with van der Waals surface area (Å²) in [5.41, 5.74) is 3.49. The van der Waals surface area contributed by atoms with Crippen molar-refractivity contribution in [3.05, 3.63) is 82.0 Å². The molecule has 0 bridgehead atoms. The highest BCUT2D eigenvalue weighted by Crippen LogP contribution is 2.43. The van der Waals surface area contributed by atoms with Crippen LogP contribution in [0.2, 0.25) is 0 Å². The lowest BCUT2D eigenvalue weighted by Gasteiger charge is -2.27. The molecule has 1 fully saturated rings. The zero-order chi connectivity index (χ0) is 23.5. The lowest BCUT2D eigenvalue weighted by atomic mass is 9.97. The third kappa shape index (κ3) is 4.98. The molecular weight excluding hydrogens is 434 g/mol. The molecule has 0 spiro atoms. The molecule has 1 N–H and O–H groups in total. The van der Waals surface area contributed by atoms with E-state index in [0.29, 0.717) is 12.2 Å². The first-order valence-corrected chi connectivity index (χ1v) is 11.7. The molecule has 4 rings (SSSR count). The zero-order valence-corrected chi connectivity index (χ0v) is 19.8. The highest BCUT2D eigenvalue weighted by Gasteiger charge is 2.45. The molecule has 2 aromatic carbocycles. The largest absolute Gasteiger partial charge is 0.342 e. The molecule has 3 amide bonds. The molecule has 2 atom stereocenters. The third-order valence-electron chi connectivity index (χ3n) is 5.96. The van der Waals surface area contributed by atoms with Crippen molar-refractivity contribution in [2.75, 3.05) is 17.3 Å². The van der Waals surface area contributed by atoms with Gasteiger partial charge in [-0.25, -0.2) is 0 Å². The molecule has 2 heterocycles. The Morgan fingerprint density at radius 2 is 1.88 bits per heavy atom. The minimum Gasteiger partial charge on any atom is -0.342 e. The van der Waals surface area contributed by atoms with E-state index < -0.39 is 5.92 Å². The van der Waals surface area contributed by atoms with Gasteiger partial charge in [0.1, 0.15) is 0 Å². The molecule has 2 unspecified atom stereocenters. The van der Waals surface area contributed by atoms with Gasteiger partial charge in [0.2, 0.25) is 17.7 Å². The van der Waals surface area contributed by atoms with Crippen molar-refractivity contribution in [1.82, 2.24) is 4.90 Å². The van der Waals surface area contributed by atoms with E-state index in [0.717, 1.165) is 21.7 Å². The van der Waals surface area contributed by atoms with Crippen molar-refractivity contribution in [1.29, 1.82) is 0 Å². The van der Waals surface area contributed by atoms with Crippen LogP contribution in [0.25, 0.3) is 0 Å². The molecular formula is C26H27N3O3S. The lowest BCUT2D eigenvalue weighted by molar-refractivity contribution is -0.128. The summed E-state index contributed by atoms with van der Waals surface area (Å²) in [6.45, 7) is 3.98. The Morgan fingerprint density at radius 1 is 1.12 bits per heavy atom. The van der Waals surface area contributed by atoms with Crippen LogP contribution in [-0.4, -0.2) is 29.7 Å². The van der Waals surface area contributed by atoms with E-state index in [9.17, 15) is 14.4 Å². The maximum Gasteiger partial charge on any atom is 0.230 e. The van der Waals surface area contributed by atoms with Crippen LogP contribution < -0.4 is 10.2 Å². The number of anilines is 2. The fourth-order valence-corrected chi connectivity index (χ4v) is 5.01. The van der Waals surface area contributed by atoms with E-state index in [2.05, 4.69) is 5.32 Å². The average molecular weight is 462 g/mol. The van der Waals surface area contributed by atoms with Crippen molar-refractivity contribution in [2.24, 2.45) is 5.92 Å². The van der Waals surface area contributed by atoms with Gasteiger partial charge >= 0.3 is 0 Å². The molecule has 6 nitrogen and oxygen atoms in total. The van der Waals surface area contributed by atoms with Gasteiger partial charge in [-0.3, -0.25) is 14.4 Å². The number of nitrogens with zero attached hydrogens (tertiary/aromatic N) is 2. The standard InChI is InChI=1S/C26H27N3O3S/c1-17-9-11-21(12-10-17)29-24(31)15-22(25(29)23-8-5-13-33-23)26(32)27-20-7-4-6-19(14-20)16-28(3)18(2)30/h4-14,22,25H,15-16H2,1-3H3,(H,27,32).